The number of carbonyl (C=O) groups is 2. The average molecular weight is 228 g/mol. The van der Waals surface area contributed by atoms with E-state index in [1.165, 1.54) is 0 Å². The molecule has 4 N–H and O–H groups in total. The lowest BCUT2D eigenvalue weighted by Gasteiger charge is -2.32. The summed E-state index contributed by atoms with van der Waals surface area (Å²) in [6, 6.07) is 0. The molecular weight excluding hydrogens is 208 g/mol. The molecule has 0 bridgehead atoms. The molecule has 0 aromatic carbocycles. The SMILES string of the molecule is CCCNC(=O)C1CCC(N)(C(=O)O)CC1. The molecule has 0 radical (unpaired) electrons. The summed E-state index contributed by atoms with van der Waals surface area (Å²) in [4.78, 5) is 22.5. The van der Waals surface area contributed by atoms with Gasteiger partial charge in [-0.15, -0.1) is 0 Å². The first-order valence-corrected chi connectivity index (χ1v) is 5.79. The Labute approximate surface area is 95.4 Å². The fourth-order valence-corrected chi connectivity index (χ4v) is 2.00. The van der Waals surface area contributed by atoms with E-state index in [9.17, 15) is 9.59 Å². The Kier molecular flexibility index (Phi) is 4.29. The van der Waals surface area contributed by atoms with E-state index in [2.05, 4.69) is 5.32 Å². The van der Waals surface area contributed by atoms with E-state index in [1.54, 1.807) is 0 Å². The van der Waals surface area contributed by atoms with Crippen LogP contribution in [0.25, 0.3) is 0 Å². The van der Waals surface area contributed by atoms with Crippen molar-refractivity contribution in [1.82, 2.24) is 5.32 Å². The van der Waals surface area contributed by atoms with Crippen LogP contribution in [-0.4, -0.2) is 29.1 Å². The van der Waals surface area contributed by atoms with Crippen molar-refractivity contribution < 1.29 is 14.7 Å². The van der Waals surface area contributed by atoms with Gasteiger partial charge >= 0.3 is 5.97 Å². The number of aliphatic carboxylic acids is 1. The maximum atomic E-state index is 11.6. The van der Waals surface area contributed by atoms with Crippen LogP contribution in [0.4, 0.5) is 0 Å². The molecule has 0 saturated heterocycles. The van der Waals surface area contributed by atoms with Crippen LogP contribution in [-0.2, 0) is 9.59 Å². The summed E-state index contributed by atoms with van der Waals surface area (Å²) in [6.45, 7) is 2.68. The monoisotopic (exact) mass is 228 g/mol. The fraction of sp³-hybridized carbons (Fsp3) is 0.818. The van der Waals surface area contributed by atoms with Crippen molar-refractivity contribution in [3.8, 4) is 0 Å². The van der Waals surface area contributed by atoms with Crippen molar-refractivity contribution in [3.05, 3.63) is 0 Å². The molecule has 1 aliphatic rings. The van der Waals surface area contributed by atoms with E-state index >= 15 is 0 Å². The molecule has 1 aliphatic carbocycles. The van der Waals surface area contributed by atoms with Crippen molar-refractivity contribution in [2.75, 3.05) is 6.54 Å². The number of hydrogen-bond acceptors (Lipinski definition) is 3. The Morgan fingerprint density at radius 3 is 2.44 bits per heavy atom. The predicted octanol–water partition coefficient (Wildman–Crippen LogP) is 0.485. The van der Waals surface area contributed by atoms with Gasteiger partial charge in [0.1, 0.15) is 5.54 Å². The van der Waals surface area contributed by atoms with Crippen molar-refractivity contribution >= 4 is 11.9 Å². The minimum absolute atomic E-state index is 0.0364. The summed E-state index contributed by atoms with van der Waals surface area (Å²) in [5.74, 6) is -0.989. The highest BCUT2D eigenvalue weighted by Gasteiger charge is 2.39. The highest BCUT2D eigenvalue weighted by Crippen LogP contribution is 2.30. The van der Waals surface area contributed by atoms with Crippen molar-refractivity contribution in [2.24, 2.45) is 11.7 Å². The Hall–Kier alpha value is -1.10. The van der Waals surface area contributed by atoms with Gasteiger partial charge < -0.3 is 16.2 Å². The Balaban J connectivity index is 2.42. The molecule has 5 heteroatoms. The Morgan fingerprint density at radius 1 is 1.44 bits per heavy atom. The van der Waals surface area contributed by atoms with Gasteiger partial charge in [-0.2, -0.15) is 0 Å². The number of rotatable bonds is 4. The standard InChI is InChI=1S/C11H20N2O3/c1-2-7-13-9(14)8-3-5-11(12,6-4-8)10(15)16/h8H,2-7,12H2,1H3,(H,13,14)(H,15,16). The molecule has 1 fully saturated rings. The summed E-state index contributed by atoms with van der Waals surface area (Å²) in [7, 11) is 0. The summed E-state index contributed by atoms with van der Waals surface area (Å²) >= 11 is 0. The van der Waals surface area contributed by atoms with E-state index in [0.717, 1.165) is 6.42 Å². The molecule has 0 aromatic rings. The largest absolute Gasteiger partial charge is 0.480 e. The molecular formula is C11H20N2O3. The average Bonchev–Trinajstić information content (AvgIpc) is 2.26. The van der Waals surface area contributed by atoms with Gasteiger partial charge in [-0.1, -0.05) is 6.92 Å². The molecule has 1 amide bonds. The van der Waals surface area contributed by atoms with Crippen molar-refractivity contribution in [2.45, 2.75) is 44.6 Å². The lowest BCUT2D eigenvalue weighted by Crippen LogP contribution is -2.51. The van der Waals surface area contributed by atoms with Gasteiger partial charge in [-0.25, -0.2) is 0 Å². The second-order valence-corrected chi connectivity index (χ2v) is 4.53. The van der Waals surface area contributed by atoms with Crippen LogP contribution in [0.1, 0.15) is 39.0 Å². The maximum Gasteiger partial charge on any atom is 0.323 e. The number of nitrogens with two attached hydrogens (primary N) is 1. The summed E-state index contributed by atoms with van der Waals surface area (Å²) in [6.07, 6.45) is 2.81. The van der Waals surface area contributed by atoms with E-state index in [0.29, 0.717) is 32.2 Å². The van der Waals surface area contributed by atoms with E-state index in [1.807, 2.05) is 6.92 Å². The normalized spacial score (nSPS) is 29.8. The lowest BCUT2D eigenvalue weighted by molar-refractivity contribution is -0.146. The van der Waals surface area contributed by atoms with Crippen LogP contribution in [0.15, 0.2) is 0 Å². The molecule has 0 spiro atoms. The molecule has 0 heterocycles. The molecule has 5 nitrogen and oxygen atoms in total. The molecule has 0 aliphatic heterocycles. The number of hydrogen-bond donors (Lipinski definition) is 3. The van der Waals surface area contributed by atoms with Gasteiger partial charge in [-0.05, 0) is 32.1 Å². The lowest BCUT2D eigenvalue weighted by atomic mass is 9.77. The van der Waals surface area contributed by atoms with Crippen LogP contribution < -0.4 is 11.1 Å². The first kappa shape index (κ1) is 13.0. The van der Waals surface area contributed by atoms with Crippen LogP contribution in [0.2, 0.25) is 0 Å². The molecule has 92 valence electrons. The number of carboxylic acids is 1. The van der Waals surface area contributed by atoms with Crippen LogP contribution in [0.5, 0.6) is 0 Å². The number of nitrogens with one attached hydrogen (secondary N) is 1. The zero-order valence-corrected chi connectivity index (χ0v) is 9.66. The Bertz CT molecular complexity index is 270. The maximum absolute atomic E-state index is 11.6. The third-order valence-electron chi connectivity index (χ3n) is 3.22. The van der Waals surface area contributed by atoms with Gasteiger partial charge in [0.2, 0.25) is 5.91 Å². The quantitative estimate of drug-likeness (QED) is 0.652. The molecule has 1 saturated carbocycles. The van der Waals surface area contributed by atoms with Crippen molar-refractivity contribution in [3.63, 3.8) is 0 Å². The second-order valence-electron chi connectivity index (χ2n) is 4.53. The molecule has 0 atom stereocenters. The molecule has 1 rings (SSSR count). The first-order chi connectivity index (χ1) is 7.49. The predicted molar refractivity (Wildman–Crippen MR) is 59.8 cm³/mol. The molecule has 0 aromatic heterocycles. The van der Waals surface area contributed by atoms with E-state index in [4.69, 9.17) is 10.8 Å². The smallest absolute Gasteiger partial charge is 0.323 e. The molecule has 16 heavy (non-hydrogen) atoms. The van der Waals surface area contributed by atoms with Gasteiger partial charge in [0.25, 0.3) is 0 Å². The third kappa shape index (κ3) is 2.95. The van der Waals surface area contributed by atoms with Crippen molar-refractivity contribution in [1.29, 1.82) is 0 Å². The van der Waals surface area contributed by atoms with Gasteiger partial charge in [-0.3, -0.25) is 9.59 Å². The fourth-order valence-electron chi connectivity index (χ4n) is 2.00. The van der Waals surface area contributed by atoms with E-state index in [-0.39, 0.29) is 11.8 Å². The van der Waals surface area contributed by atoms with Crippen LogP contribution in [0, 0.1) is 5.92 Å². The highest BCUT2D eigenvalue weighted by molar-refractivity contribution is 5.81. The topological polar surface area (TPSA) is 92.4 Å². The summed E-state index contributed by atoms with van der Waals surface area (Å²) < 4.78 is 0. The first-order valence-electron chi connectivity index (χ1n) is 5.79. The van der Waals surface area contributed by atoms with Gasteiger partial charge in [0.15, 0.2) is 0 Å². The van der Waals surface area contributed by atoms with Gasteiger partial charge in [0.05, 0.1) is 0 Å². The number of carboxylic acid groups (broad SMARTS) is 1. The highest BCUT2D eigenvalue weighted by atomic mass is 16.4. The van der Waals surface area contributed by atoms with E-state index < -0.39 is 11.5 Å². The molecule has 0 unspecified atom stereocenters. The summed E-state index contributed by atoms with van der Waals surface area (Å²) in [5.41, 5.74) is 4.61. The summed E-state index contributed by atoms with van der Waals surface area (Å²) in [5, 5.41) is 11.8. The Morgan fingerprint density at radius 2 is 2.00 bits per heavy atom. The van der Waals surface area contributed by atoms with Crippen LogP contribution >= 0.6 is 0 Å². The minimum atomic E-state index is -1.12. The number of carbonyl (C=O) groups excluding carboxylic acids is 1. The zero-order chi connectivity index (χ0) is 12.2. The second kappa shape index (κ2) is 5.30. The zero-order valence-electron chi connectivity index (χ0n) is 9.66. The minimum Gasteiger partial charge on any atom is -0.480 e. The number of amides is 1. The third-order valence-corrected chi connectivity index (χ3v) is 3.22. The van der Waals surface area contributed by atoms with Gasteiger partial charge in [0, 0.05) is 12.5 Å². The van der Waals surface area contributed by atoms with Crippen LogP contribution in [0.3, 0.4) is 0 Å².